The zero-order valence-corrected chi connectivity index (χ0v) is 20.8. The Balaban J connectivity index is 1.28. The van der Waals surface area contributed by atoms with Gasteiger partial charge in [-0.1, -0.05) is 48.5 Å². The average Bonchev–Trinajstić information content (AvgIpc) is 2.93. The molecule has 5 rings (SSSR count). The van der Waals surface area contributed by atoms with E-state index in [4.69, 9.17) is 4.74 Å². The summed E-state index contributed by atoms with van der Waals surface area (Å²) in [6.07, 6.45) is 1.25. The van der Waals surface area contributed by atoms with Crippen molar-refractivity contribution in [3.63, 3.8) is 0 Å². The van der Waals surface area contributed by atoms with Gasteiger partial charge in [0.1, 0.15) is 12.4 Å². The van der Waals surface area contributed by atoms with Crippen LogP contribution in [0.2, 0.25) is 0 Å². The molecule has 192 valence electrons. The second-order valence-electron chi connectivity index (χ2n) is 9.63. The summed E-state index contributed by atoms with van der Waals surface area (Å²) in [5.41, 5.74) is 3.12. The van der Waals surface area contributed by atoms with Crippen molar-refractivity contribution >= 4 is 17.3 Å². The monoisotopic (exact) mass is 500 g/mol. The third-order valence-corrected chi connectivity index (χ3v) is 7.30. The molecule has 3 aromatic rings. The van der Waals surface area contributed by atoms with Gasteiger partial charge in [-0.2, -0.15) is 0 Å². The van der Waals surface area contributed by atoms with Gasteiger partial charge in [-0.3, -0.25) is 19.8 Å². The summed E-state index contributed by atoms with van der Waals surface area (Å²) < 4.78 is 5.91. The summed E-state index contributed by atoms with van der Waals surface area (Å²) in [5.74, 6) is 0.568. The number of nitrogens with zero attached hydrogens (tertiary/aromatic N) is 3. The van der Waals surface area contributed by atoms with Crippen LogP contribution in [0.5, 0.6) is 5.75 Å². The van der Waals surface area contributed by atoms with Gasteiger partial charge in [-0.15, -0.1) is 0 Å². The maximum Gasteiger partial charge on any atom is 0.269 e. The van der Waals surface area contributed by atoms with Crippen LogP contribution >= 0.6 is 0 Å². The number of ether oxygens (including phenoxy) is 1. The van der Waals surface area contributed by atoms with Gasteiger partial charge < -0.3 is 15.0 Å². The molecule has 2 aliphatic heterocycles. The predicted molar refractivity (Wildman–Crippen MR) is 143 cm³/mol. The van der Waals surface area contributed by atoms with Gasteiger partial charge in [0.25, 0.3) is 5.69 Å². The van der Waals surface area contributed by atoms with E-state index in [1.165, 1.54) is 5.56 Å². The fourth-order valence-corrected chi connectivity index (χ4v) is 5.40. The van der Waals surface area contributed by atoms with Crippen LogP contribution in [0.4, 0.5) is 11.4 Å². The Morgan fingerprint density at radius 3 is 2.54 bits per heavy atom. The van der Waals surface area contributed by atoms with Crippen LogP contribution in [0.15, 0.2) is 78.9 Å². The summed E-state index contributed by atoms with van der Waals surface area (Å²) in [6, 6.07) is 24.9. The third-order valence-electron chi connectivity index (χ3n) is 7.30. The number of nitrogens with one attached hydrogen (secondary N) is 1. The molecular formula is C29H32N4O4. The van der Waals surface area contributed by atoms with E-state index in [9.17, 15) is 14.9 Å². The predicted octanol–water partition coefficient (Wildman–Crippen LogP) is 3.70. The van der Waals surface area contributed by atoms with Crippen LogP contribution in [-0.4, -0.2) is 61.1 Å². The summed E-state index contributed by atoms with van der Waals surface area (Å²) in [6.45, 7) is 4.25. The molecule has 0 bridgehead atoms. The van der Waals surface area contributed by atoms with Crippen molar-refractivity contribution in [1.29, 1.82) is 0 Å². The number of amides is 1. The molecule has 1 N–H and O–H groups in total. The number of anilines is 1. The normalized spacial score (nSPS) is 19.0. The molecule has 0 aromatic heterocycles. The van der Waals surface area contributed by atoms with Crippen LogP contribution in [0.3, 0.4) is 0 Å². The second-order valence-corrected chi connectivity index (χ2v) is 9.63. The van der Waals surface area contributed by atoms with Crippen molar-refractivity contribution in [3.05, 3.63) is 100 Å². The lowest BCUT2D eigenvalue weighted by molar-refractivity contribution is -0.384. The Labute approximate surface area is 217 Å². The molecule has 0 aliphatic carbocycles. The van der Waals surface area contributed by atoms with E-state index in [0.29, 0.717) is 19.6 Å². The number of rotatable bonds is 9. The quantitative estimate of drug-likeness (QED) is 0.356. The van der Waals surface area contributed by atoms with Gasteiger partial charge in [0.05, 0.1) is 16.9 Å². The molecule has 0 saturated carbocycles. The van der Waals surface area contributed by atoms with E-state index >= 15 is 0 Å². The number of hydrogen-bond donors (Lipinski definition) is 1. The van der Waals surface area contributed by atoms with Gasteiger partial charge in [-0.25, -0.2) is 0 Å². The lowest BCUT2D eigenvalue weighted by Gasteiger charge is -2.49. The summed E-state index contributed by atoms with van der Waals surface area (Å²) in [5, 5.41) is 14.5. The van der Waals surface area contributed by atoms with E-state index in [1.807, 2.05) is 54.6 Å². The highest BCUT2D eigenvalue weighted by molar-refractivity contribution is 5.82. The van der Waals surface area contributed by atoms with Crippen LogP contribution in [0.1, 0.15) is 11.1 Å². The average molecular weight is 501 g/mol. The Morgan fingerprint density at radius 1 is 1.03 bits per heavy atom. The highest BCUT2D eigenvalue weighted by atomic mass is 16.6. The van der Waals surface area contributed by atoms with E-state index in [0.717, 1.165) is 49.6 Å². The van der Waals surface area contributed by atoms with Gasteiger partial charge in [-0.05, 0) is 42.2 Å². The zero-order chi connectivity index (χ0) is 25.6. The van der Waals surface area contributed by atoms with Crippen LogP contribution < -0.4 is 15.0 Å². The van der Waals surface area contributed by atoms with E-state index < -0.39 is 0 Å². The number of non-ortho nitro benzene ring substituents is 1. The molecule has 37 heavy (non-hydrogen) atoms. The van der Waals surface area contributed by atoms with Gasteiger partial charge in [0, 0.05) is 50.5 Å². The number of nitro groups is 1. The second kappa shape index (κ2) is 11.4. The molecule has 2 unspecified atom stereocenters. The van der Waals surface area contributed by atoms with E-state index in [-0.39, 0.29) is 28.5 Å². The number of nitro benzene ring substituents is 1. The third kappa shape index (κ3) is 5.91. The van der Waals surface area contributed by atoms with Crippen molar-refractivity contribution in [2.24, 2.45) is 5.92 Å². The van der Waals surface area contributed by atoms with Crippen molar-refractivity contribution in [2.75, 3.05) is 44.2 Å². The smallest absolute Gasteiger partial charge is 0.269 e. The first-order valence-electron chi connectivity index (χ1n) is 12.8. The molecule has 0 radical (unpaired) electrons. The molecule has 2 atom stereocenters. The van der Waals surface area contributed by atoms with Crippen LogP contribution in [0.25, 0.3) is 0 Å². The molecular weight excluding hydrogens is 468 g/mol. The van der Waals surface area contributed by atoms with E-state index in [2.05, 4.69) is 27.2 Å². The largest absolute Gasteiger partial charge is 0.492 e. The Bertz CT molecular complexity index is 1220. The summed E-state index contributed by atoms with van der Waals surface area (Å²) in [7, 11) is 0. The molecule has 2 aliphatic rings. The minimum Gasteiger partial charge on any atom is -0.492 e. The van der Waals surface area contributed by atoms with E-state index in [1.54, 1.807) is 12.1 Å². The topological polar surface area (TPSA) is 87.9 Å². The molecule has 8 heteroatoms. The minimum atomic E-state index is -0.369. The fraction of sp³-hybridized carbons (Fsp3) is 0.345. The lowest BCUT2D eigenvalue weighted by atomic mass is 9.83. The maximum atomic E-state index is 13.5. The molecule has 3 aromatic carbocycles. The number of para-hydroxylation sites is 1. The Hall–Kier alpha value is -3.91. The van der Waals surface area contributed by atoms with Crippen molar-refractivity contribution in [2.45, 2.75) is 18.9 Å². The first-order valence-corrected chi connectivity index (χ1v) is 12.8. The Morgan fingerprint density at radius 2 is 1.78 bits per heavy atom. The molecule has 8 nitrogen and oxygen atoms in total. The first-order chi connectivity index (χ1) is 18.1. The fourth-order valence-electron chi connectivity index (χ4n) is 5.40. The number of fused-ring (bicyclic) bond motifs is 3. The van der Waals surface area contributed by atoms with Gasteiger partial charge in [0.15, 0.2) is 0 Å². The number of hydrogen-bond acceptors (Lipinski definition) is 6. The van der Waals surface area contributed by atoms with Gasteiger partial charge in [0.2, 0.25) is 5.91 Å². The Kier molecular flexibility index (Phi) is 7.65. The standard InChI is InChI=1S/C29H32N4O4/c34-29(30-14-13-22-7-3-1-4-8-22)26-20-23-19-24(33(35)36)11-12-27(23)32-16-15-31(21-28(26)32)17-18-37-25-9-5-2-6-10-25/h1-12,19,26,28H,13-18,20-21H2,(H,30,34). The van der Waals surface area contributed by atoms with Gasteiger partial charge >= 0.3 is 0 Å². The van der Waals surface area contributed by atoms with Crippen LogP contribution in [0, 0.1) is 16.0 Å². The van der Waals surface area contributed by atoms with Crippen molar-refractivity contribution in [1.82, 2.24) is 10.2 Å². The van der Waals surface area contributed by atoms with Crippen LogP contribution in [-0.2, 0) is 17.6 Å². The maximum absolute atomic E-state index is 13.5. The highest BCUT2D eigenvalue weighted by Crippen LogP contribution is 2.37. The SMILES string of the molecule is O=C(NCCc1ccccc1)C1Cc2cc([N+](=O)[O-])ccc2N2CCN(CCOc3ccccc3)CC12. The lowest BCUT2D eigenvalue weighted by Crippen LogP contribution is -2.61. The zero-order valence-electron chi connectivity index (χ0n) is 20.8. The minimum absolute atomic E-state index is 0.00356. The molecule has 0 spiro atoms. The summed E-state index contributed by atoms with van der Waals surface area (Å²) >= 11 is 0. The molecule has 1 fully saturated rings. The molecule has 1 amide bonds. The van der Waals surface area contributed by atoms with Crippen molar-refractivity contribution in [3.8, 4) is 5.75 Å². The summed E-state index contributed by atoms with van der Waals surface area (Å²) in [4.78, 5) is 29.1. The molecule has 1 saturated heterocycles. The molecule has 2 heterocycles. The highest BCUT2D eigenvalue weighted by Gasteiger charge is 2.41. The number of piperazine rings is 1. The number of carbonyl (C=O) groups excluding carboxylic acids is 1. The van der Waals surface area contributed by atoms with Crippen molar-refractivity contribution < 1.29 is 14.5 Å². The number of benzene rings is 3. The number of carbonyl (C=O) groups is 1. The first kappa shape index (κ1) is 24.8.